The average molecular weight is 398 g/mol. The number of methoxy groups -OCH3 is 1. The molecule has 0 atom stereocenters. The van der Waals surface area contributed by atoms with Crippen molar-refractivity contribution in [1.29, 1.82) is 0 Å². The van der Waals surface area contributed by atoms with Crippen molar-refractivity contribution in [3.05, 3.63) is 40.5 Å². The highest BCUT2D eigenvalue weighted by Crippen LogP contribution is 2.41. The molecule has 0 unspecified atom stereocenters. The zero-order chi connectivity index (χ0) is 18.9. The maximum atomic E-state index is 6.26. The summed E-state index contributed by atoms with van der Waals surface area (Å²) in [4.78, 5) is 14.6. The molecule has 0 saturated carbocycles. The van der Waals surface area contributed by atoms with E-state index in [0.717, 1.165) is 73.2 Å². The third kappa shape index (κ3) is 3.45. The highest BCUT2D eigenvalue weighted by atomic mass is 32.1. The summed E-state index contributed by atoms with van der Waals surface area (Å²) in [6, 6.07) is 7.64. The zero-order valence-electron chi connectivity index (χ0n) is 15.9. The van der Waals surface area contributed by atoms with Crippen LogP contribution in [0.1, 0.15) is 22.7 Å². The molecular formula is C21H23N3O3S. The van der Waals surface area contributed by atoms with E-state index in [-0.39, 0.29) is 0 Å². The highest BCUT2D eigenvalue weighted by molar-refractivity contribution is 7.19. The zero-order valence-corrected chi connectivity index (χ0v) is 16.8. The smallest absolute Gasteiger partial charge is 0.231 e. The van der Waals surface area contributed by atoms with Gasteiger partial charge in [-0.2, -0.15) is 4.98 Å². The van der Waals surface area contributed by atoms with Crippen LogP contribution >= 0.6 is 11.3 Å². The lowest BCUT2D eigenvalue weighted by atomic mass is 10.2. The Morgan fingerprint density at radius 3 is 2.64 bits per heavy atom. The molecule has 3 heterocycles. The van der Waals surface area contributed by atoms with Crippen molar-refractivity contribution in [3.8, 4) is 17.4 Å². The maximum Gasteiger partial charge on any atom is 0.231 e. The van der Waals surface area contributed by atoms with E-state index < -0.39 is 0 Å². The first-order valence-corrected chi connectivity index (χ1v) is 10.5. The van der Waals surface area contributed by atoms with E-state index in [2.05, 4.69) is 4.90 Å². The molecule has 2 aromatic heterocycles. The van der Waals surface area contributed by atoms with E-state index >= 15 is 0 Å². The summed E-state index contributed by atoms with van der Waals surface area (Å²) in [5.41, 5.74) is 1.38. The predicted octanol–water partition coefficient (Wildman–Crippen LogP) is 3.81. The van der Waals surface area contributed by atoms with E-state index in [0.29, 0.717) is 5.88 Å². The Morgan fingerprint density at radius 1 is 1.07 bits per heavy atom. The van der Waals surface area contributed by atoms with Crippen molar-refractivity contribution in [3.63, 3.8) is 0 Å². The third-order valence-electron chi connectivity index (χ3n) is 5.32. The predicted molar refractivity (Wildman–Crippen MR) is 109 cm³/mol. The summed E-state index contributed by atoms with van der Waals surface area (Å²) >= 11 is 1.80. The quantitative estimate of drug-likeness (QED) is 0.653. The second-order valence-electron chi connectivity index (χ2n) is 7.15. The summed E-state index contributed by atoms with van der Waals surface area (Å²) in [6.07, 6.45) is 3.42. The van der Waals surface area contributed by atoms with Gasteiger partial charge in [0.1, 0.15) is 22.2 Å². The Morgan fingerprint density at radius 2 is 1.86 bits per heavy atom. The first-order valence-electron chi connectivity index (χ1n) is 9.73. The average Bonchev–Trinajstić information content (AvgIpc) is 3.30. The lowest BCUT2D eigenvalue weighted by Crippen LogP contribution is -2.36. The van der Waals surface area contributed by atoms with Crippen LogP contribution < -0.4 is 9.47 Å². The minimum Gasteiger partial charge on any atom is -0.497 e. The molecule has 7 heteroatoms. The monoisotopic (exact) mass is 397 g/mol. The highest BCUT2D eigenvalue weighted by Gasteiger charge is 2.24. The number of nitrogens with zero attached hydrogens (tertiary/aromatic N) is 3. The molecule has 146 valence electrons. The van der Waals surface area contributed by atoms with Crippen LogP contribution in [0.3, 0.4) is 0 Å². The Balaban J connectivity index is 1.51. The van der Waals surface area contributed by atoms with Crippen molar-refractivity contribution in [2.75, 3.05) is 33.4 Å². The number of hydrogen-bond acceptors (Lipinski definition) is 7. The summed E-state index contributed by atoms with van der Waals surface area (Å²) in [5, 5.41) is 1.10. The molecule has 5 rings (SSSR count). The number of hydrogen-bond donors (Lipinski definition) is 0. The van der Waals surface area contributed by atoms with Gasteiger partial charge in [-0.3, -0.25) is 4.90 Å². The topological polar surface area (TPSA) is 56.7 Å². The molecule has 3 aromatic rings. The van der Waals surface area contributed by atoms with Crippen molar-refractivity contribution < 1.29 is 14.2 Å². The molecule has 1 saturated heterocycles. The number of aryl methyl sites for hydroxylation is 2. The summed E-state index contributed by atoms with van der Waals surface area (Å²) in [6.45, 7) is 4.09. The number of rotatable bonds is 5. The molecule has 1 fully saturated rings. The van der Waals surface area contributed by atoms with Gasteiger partial charge >= 0.3 is 0 Å². The van der Waals surface area contributed by atoms with Gasteiger partial charge in [-0.05, 0) is 49.1 Å². The van der Waals surface area contributed by atoms with E-state index in [1.807, 2.05) is 24.3 Å². The van der Waals surface area contributed by atoms with E-state index in [4.69, 9.17) is 24.2 Å². The first-order chi connectivity index (χ1) is 13.8. The summed E-state index contributed by atoms with van der Waals surface area (Å²) < 4.78 is 17.0. The molecule has 6 nitrogen and oxygen atoms in total. The van der Waals surface area contributed by atoms with Crippen LogP contribution in [0.5, 0.6) is 17.4 Å². The van der Waals surface area contributed by atoms with Crippen LogP contribution in [0.4, 0.5) is 0 Å². The van der Waals surface area contributed by atoms with Gasteiger partial charge in [0.15, 0.2) is 0 Å². The van der Waals surface area contributed by atoms with Gasteiger partial charge in [0.05, 0.1) is 32.3 Å². The Kier molecular flexibility index (Phi) is 4.88. The number of morpholine rings is 1. The van der Waals surface area contributed by atoms with Gasteiger partial charge in [-0.1, -0.05) is 0 Å². The number of benzene rings is 1. The SMILES string of the molecule is COc1ccc(Oc2nc(CN3CCOCC3)nc3sc4c(c23)CCC4)cc1. The van der Waals surface area contributed by atoms with E-state index in [1.165, 1.54) is 16.9 Å². The minimum absolute atomic E-state index is 0.679. The maximum absolute atomic E-state index is 6.26. The molecular weight excluding hydrogens is 374 g/mol. The second kappa shape index (κ2) is 7.66. The number of aromatic nitrogens is 2. The van der Waals surface area contributed by atoms with Crippen molar-refractivity contribution in [1.82, 2.24) is 14.9 Å². The van der Waals surface area contributed by atoms with Gasteiger partial charge in [0.2, 0.25) is 5.88 Å². The van der Waals surface area contributed by atoms with Crippen molar-refractivity contribution in [2.24, 2.45) is 0 Å². The van der Waals surface area contributed by atoms with E-state index in [9.17, 15) is 0 Å². The lowest BCUT2D eigenvalue weighted by Gasteiger charge is -2.25. The molecule has 2 aliphatic rings. The van der Waals surface area contributed by atoms with Crippen LogP contribution in [-0.4, -0.2) is 48.3 Å². The molecule has 0 radical (unpaired) electrons. The molecule has 28 heavy (non-hydrogen) atoms. The summed E-state index contributed by atoms with van der Waals surface area (Å²) in [7, 11) is 1.66. The largest absolute Gasteiger partial charge is 0.497 e. The lowest BCUT2D eigenvalue weighted by molar-refractivity contribution is 0.0330. The minimum atomic E-state index is 0.679. The Hall–Kier alpha value is -2.22. The van der Waals surface area contributed by atoms with Crippen molar-refractivity contribution >= 4 is 21.6 Å². The van der Waals surface area contributed by atoms with Crippen molar-refractivity contribution in [2.45, 2.75) is 25.8 Å². The Bertz CT molecular complexity index is 981. The van der Waals surface area contributed by atoms with Gasteiger partial charge < -0.3 is 14.2 Å². The van der Waals surface area contributed by atoms with Gasteiger partial charge in [0.25, 0.3) is 0 Å². The van der Waals surface area contributed by atoms with Crippen LogP contribution in [0.15, 0.2) is 24.3 Å². The van der Waals surface area contributed by atoms with E-state index in [1.54, 1.807) is 18.4 Å². The van der Waals surface area contributed by atoms with Crippen LogP contribution in [0.2, 0.25) is 0 Å². The molecule has 1 aliphatic heterocycles. The van der Waals surface area contributed by atoms with Crippen LogP contribution in [0, 0.1) is 0 Å². The molecule has 1 aromatic carbocycles. The summed E-state index contributed by atoms with van der Waals surface area (Å²) in [5.74, 6) is 3.07. The Labute approximate surface area is 168 Å². The third-order valence-corrected chi connectivity index (χ3v) is 6.51. The molecule has 0 N–H and O–H groups in total. The molecule has 0 bridgehead atoms. The number of fused-ring (bicyclic) bond motifs is 3. The fourth-order valence-electron chi connectivity index (χ4n) is 3.86. The van der Waals surface area contributed by atoms with Gasteiger partial charge in [-0.25, -0.2) is 4.98 Å². The van der Waals surface area contributed by atoms with Gasteiger partial charge in [0, 0.05) is 18.0 Å². The fraction of sp³-hybridized carbons (Fsp3) is 0.429. The number of thiophene rings is 1. The normalized spacial score (nSPS) is 17.0. The van der Waals surface area contributed by atoms with Crippen LogP contribution in [-0.2, 0) is 24.1 Å². The molecule has 0 amide bonds. The fourth-order valence-corrected chi connectivity index (χ4v) is 5.13. The van der Waals surface area contributed by atoms with Crippen LogP contribution in [0.25, 0.3) is 10.2 Å². The van der Waals surface area contributed by atoms with Gasteiger partial charge in [-0.15, -0.1) is 11.3 Å². The first kappa shape index (κ1) is 17.8. The standard InChI is InChI=1S/C21H23N3O3S/c1-25-14-5-7-15(8-6-14)27-20-19-16-3-2-4-17(16)28-21(19)23-18(22-20)13-24-9-11-26-12-10-24/h5-8H,2-4,9-13H2,1H3. The number of ether oxygens (including phenoxy) is 3. The molecule has 0 spiro atoms. The second-order valence-corrected chi connectivity index (χ2v) is 8.23. The molecule has 1 aliphatic carbocycles.